The van der Waals surface area contributed by atoms with Crippen molar-refractivity contribution in [3.05, 3.63) is 146 Å². The first-order chi connectivity index (χ1) is 20.8. The van der Waals surface area contributed by atoms with Crippen molar-refractivity contribution in [2.75, 3.05) is 0 Å². The summed E-state index contributed by atoms with van der Waals surface area (Å²) < 4.78 is 7.90. The average molecular weight is 553 g/mol. The minimum absolute atomic E-state index is 0.921. The molecule has 0 aliphatic rings. The highest BCUT2D eigenvalue weighted by atomic mass is 32.1. The fourth-order valence-electron chi connectivity index (χ4n) is 6.67. The standard InChI is InChI=1S/C40H24OS/c1-3-12-25(13-4-1)35-24-27-22-23-33-38-32(20-11-21-34(38)41-39(33)40(27)42-35)37-30-18-9-7-16-28(30)36(26-14-5-2-6-15-26)29-17-8-10-19-31(29)37/h1-24H. The van der Waals surface area contributed by atoms with Crippen molar-refractivity contribution >= 4 is 64.9 Å². The molecule has 0 N–H and O–H groups in total. The normalized spacial score (nSPS) is 11.8. The summed E-state index contributed by atoms with van der Waals surface area (Å²) in [5.74, 6) is 0. The number of benzene rings is 7. The maximum atomic E-state index is 6.70. The highest BCUT2D eigenvalue weighted by Crippen LogP contribution is 2.48. The van der Waals surface area contributed by atoms with Crippen LogP contribution in [0.25, 0.3) is 86.3 Å². The molecular formula is C40H24OS. The molecule has 0 saturated carbocycles. The van der Waals surface area contributed by atoms with Crippen LogP contribution in [0.15, 0.2) is 150 Å². The zero-order valence-corrected chi connectivity index (χ0v) is 23.5. The third-order valence-electron chi connectivity index (χ3n) is 8.47. The first kappa shape index (κ1) is 23.5. The Hall–Kier alpha value is -5.18. The molecule has 7 aromatic carbocycles. The van der Waals surface area contributed by atoms with E-state index in [9.17, 15) is 0 Å². The quantitative estimate of drug-likeness (QED) is 0.199. The summed E-state index contributed by atoms with van der Waals surface area (Å²) in [4.78, 5) is 1.26. The lowest BCUT2D eigenvalue weighted by atomic mass is 9.85. The number of fused-ring (bicyclic) bond motifs is 7. The Morgan fingerprint density at radius 3 is 1.71 bits per heavy atom. The van der Waals surface area contributed by atoms with E-state index in [1.807, 2.05) is 11.3 Å². The molecule has 0 radical (unpaired) electrons. The van der Waals surface area contributed by atoms with Crippen LogP contribution in [-0.2, 0) is 0 Å². The van der Waals surface area contributed by atoms with E-state index in [-0.39, 0.29) is 0 Å². The van der Waals surface area contributed by atoms with E-state index in [1.54, 1.807) is 0 Å². The topological polar surface area (TPSA) is 13.1 Å². The first-order valence-electron chi connectivity index (χ1n) is 14.3. The molecule has 2 aromatic heterocycles. The maximum absolute atomic E-state index is 6.70. The van der Waals surface area contributed by atoms with Crippen LogP contribution >= 0.6 is 11.3 Å². The molecule has 2 heterocycles. The van der Waals surface area contributed by atoms with Crippen LogP contribution in [0.3, 0.4) is 0 Å². The van der Waals surface area contributed by atoms with E-state index in [0.29, 0.717) is 0 Å². The second-order valence-electron chi connectivity index (χ2n) is 10.8. The fraction of sp³-hybridized carbons (Fsp3) is 0. The molecule has 0 saturated heterocycles. The van der Waals surface area contributed by atoms with Gasteiger partial charge in [0.1, 0.15) is 5.58 Å². The summed E-state index contributed by atoms with van der Waals surface area (Å²) in [6, 6.07) is 52.4. The molecule has 42 heavy (non-hydrogen) atoms. The third kappa shape index (κ3) is 3.43. The lowest BCUT2D eigenvalue weighted by Gasteiger charge is -2.18. The SMILES string of the molecule is c1ccc(-c2cc3ccc4c(oc5cccc(-c6c7ccccc7c(-c7ccccc7)c7ccccc67)c54)c3s2)cc1. The number of rotatable bonds is 3. The van der Waals surface area contributed by atoms with Crippen molar-refractivity contribution in [1.82, 2.24) is 0 Å². The van der Waals surface area contributed by atoms with Crippen molar-refractivity contribution in [3.8, 4) is 32.7 Å². The van der Waals surface area contributed by atoms with Crippen LogP contribution in [0.1, 0.15) is 0 Å². The molecule has 0 aliphatic carbocycles. The number of hydrogen-bond donors (Lipinski definition) is 0. The van der Waals surface area contributed by atoms with Gasteiger partial charge in [0.15, 0.2) is 5.58 Å². The molecule has 0 bridgehead atoms. The van der Waals surface area contributed by atoms with Crippen LogP contribution in [0.5, 0.6) is 0 Å². The van der Waals surface area contributed by atoms with Gasteiger partial charge in [0.05, 0.1) is 4.70 Å². The van der Waals surface area contributed by atoms with Gasteiger partial charge in [0, 0.05) is 15.6 Å². The number of furan rings is 1. The van der Waals surface area contributed by atoms with Crippen LogP contribution in [-0.4, -0.2) is 0 Å². The van der Waals surface area contributed by atoms with Gasteiger partial charge in [0.25, 0.3) is 0 Å². The van der Waals surface area contributed by atoms with Crippen molar-refractivity contribution in [2.24, 2.45) is 0 Å². The van der Waals surface area contributed by atoms with E-state index >= 15 is 0 Å². The molecule has 196 valence electrons. The summed E-state index contributed by atoms with van der Waals surface area (Å²) in [5, 5.41) is 8.57. The zero-order valence-electron chi connectivity index (χ0n) is 22.7. The second-order valence-corrected chi connectivity index (χ2v) is 11.9. The van der Waals surface area contributed by atoms with Gasteiger partial charge in [-0.1, -0.05) is 127 Å². The van der Waals surface area contributed by atoms with Crippen molar-refractivity contribution in [1.29, 1.82) is 0 Å². The largest absolute Gasteiger partial charge is 0.455 e. The Bertz CT molecular complexity index is 2390. The Morgan fingerprint density at radius 1 is 0.452 bits per heavy atom. The van der Waals surface area contributed by atoms with Gasteiger partial charge < -0.3 is 4.42 Å². The van der Waals surface area contributed by atoms with E-state index < -0.39 is 0 Å². The van der Waals surface area contributed by atoms with Gasteiger partial charge in [0.2, 0.25) is 0 Å². The highest BCUT2D eigenvalue weighted by Gasteiger charge is 2.21. The summed E-state index contributed by atoms with van der Waals surface area (Å²) in [6.45, 7) is 0. The Kier molecular flexibility index (Phi) is 5.13. The van der Waals surface area contributed by atoms with Gasteiger partial charge in [-0.3, -0.25) is 0 Å². The van der Waals surface area contributed by atoms with Gasteiger partial charge in [-0.2, -0.15) is 0 Å². The third-order valence-corrected chi connectivity index (χ3v) is 9.67. The lowest BCUT2D eigenvalue weighted by molar-refractivity contribution is 0.673. The summed E-state index contributed by atoms with van der Waals surface area (Å²) in [7, 11) is 0. The molecule has 0 atom stereocenters. The predicted molar refractivity (Wildman–Crippen MR) is 180 cm³/mol. The fourth-order valence-corrected chi connectivity index (χ4v) is 7.82. The minimum atomic E-state index is 0.921. The molecule has 0 spiro atoms. The second kappa shape index (κ2) is 9.17. The summed E-state index contributed by atoms with van der Waals surface area (Å²) in [5.41, 5.74) is 8.10. The average Bonchev–Trinajstić information content (AvgIpc) is 3.66. The molecule has 1 nitrogen and oxygen atoms in total. The number of thiophene rings is 1. The van der Waals surface area contributed by atoms with Crippen LogP contribution in [0, 0.1) is 0 Å². The van der Waals surface area contributed by atoms with E-state index in [1.165, 1.54) is 69.7 Å². The Balaban J connectivity index is 1.39. The maximum Gasteiger partial charge on any atom is 0.153 e. The molecule has 9 aromatic rings. The molecule has 0 aliphatic heterocycles. The predicted octanol–water partition coefficient (Wildman–Crippen LogP) is 12.1. The smallest absolute Gasteiger partial charge is 0.153 e. The zero-order chi connectivity index (χ0) is 27.6. The van der Waals surface area contributed by atoms with Crippen LogP contribution in [0.2, 0.25) is 0 Å². The molecule has 2 heteroatoms. The molecular weight excluding hydrogens is 529 g/mol. The molecule has 0 unspecified atom stereocenters. The summed E-state index contributed by atoms with van der Waals surface area (Å²) >= 11 is 1.81. The highest BCUT2D eigenvalue weighted by molar-refractivity contribution is 7.23. The minimum Gasteiger partial charge on any atom is -0.455 e. The molecule has 9 rings (SSSR count). The Labute approximate surface area is 246 Å². The van der Waals surface area contributed by atoms with Gasteiger partial charge in [-0.15, -0.1) is 11.3 Å². The lowest BCUT2D eigenvalue weighted by Crippen LogP contribution is -1.91. The van der Waals surface area contributed by atoms with Crippen molar-refractivity contribution in [2.45, 2.75) is 0 Å². The van der Waals surface area contributed by atoms with E-state index in [0.717, 1.165) is 16.6 Å². The first-order valence-corrected chi connectivity index (χ1v) is 15.1. The van der Waals surface area contributed by atoms with E-state index in [4.69, 9.17) is 4.42 Å². The van der Waals surface area contributed by atoms with Gasteiger partial charge in [-0.25, -0.2) is 0 Å². The summed E-state index contributed by atoms with van der Waals surface area (Å²) in [6.07, 6.45) is 0. The van der Waals surface area contributed by atoms with Gasteiger partial charge >= 0.3 is 0 Å². The Morgan fingerprint density at radius 2 is 1.05 bits per heavy atom. The van der Waals surface area contributed by atoms with Crippen molar-refractivity contribution in [3.63, 3.8) is 0 Å². The van der Waals surface area contributed by atoms with Crippen molar-refractivity contribution < 1.29 is 4.42 Å². The number of hydrogen-bond acceptors (Lipinski definition) is 2. The molecule has 0 fully saturated rings. The molecule has 0 amide bonds. The monoisotopic (exact) mass is 552 g/mol. The van der Waals surface area contributed by atoms with Gasteiger partial charge in [-0.05, 0) is 72.9 Å². The van der Waals surface area contributed by atoms with E-state index in [2.05, 4.69) is 146 Å². The van der Waals surface area contributed by atoms with Crippen LogP contribution in [0.4, 0.5) is 0 Å². The van der Waals surface area contributed by atoms with Crippen LogP contribution < -0.4 is 0 Å².